The molecule has 0 radical (unpaired) electrons. The predicted molar refractivity (Wildman–Crippen MR) is 61.3 cm³/mol. The van der Waals surface area contributed by atoms with Gasteiger partial charge in [-0.3, -0.25) is 0 Å². The number of rotatable bonds is 5. The van der Waals surface area contributed by atoms with Gasteiger partial charge in [-0.25, -0.2) is 0 Å². The lowest BCUT2D eigenvalue weighted by molar-refractivity contribution is 0.408. The number of hydrogen-bond acceptors (Lipinski definition) is 4. The van der Waals surface area contributed by atoms with Crippen molar-refractivity contribution in [1.29, 1.82) is 5.26 Å². The molecule has 2 N–H and O–H groups in total. The standard InChI is InChI=1S/C12H16N2O2/c1-9(14-7-3-6-13)11-8-10(16-2)4-5-12(11)15/h4-5,8-9,14-15H,3,7H2,1-2H3. The summed E-state index contributed by atoms with van der Waals surface area (Å²) in [4.78, 5) is 0. The number of aromatic hydroxyl groups is 1. The van der Waals surface area contributed by atoms with Crippen molar-refractivity contribution in [2.75, 3.05) is 13.7 Å². The maximum Gasteiger partial charge on any atom is 0.120 e. The van der Waals surface area contributed by atoms with Crippen LogP contribution in [0.2, 0.25) is 0 Å². The predicted octanol–water partition coefficient (Wildman–Crippen LogP) is 1.97. The topological polar surface area (TPSA) is 65.3 Å². The molecule has 0 aliphatic rings. The van der Waals surface area contributed by atoms with Gasteiger partial charge in [-0.15, -0.1) is 0 Å². The Hall–Kier alpha value is -1.73. The molecule has 86 valence electrons. The minimum absolute atomic E-state index is 0.0107. The van der Waals surface area contributed by atoms with Crippen LogP contribution < -0.4 is 10.1 Å². The van der Waals surface area contributed by atoms with Crippen molar-refractivity contribution in [3.05, 3.63) is 23.8 Å². The second-order valence-electron chi connectivity index (χ2n) is 3.51. The Labute approximate surface area is 95.5 Å². The molecule has 1 aromatic rings. The molecule has 0 bridgehead atoms. The van der Waals surface area contributed by atoms with Crippen LogP contribution in [0.1, 0.15) is 24.9 Å². The third kappa shape index (κ3) is 3.14. The Morgan fingerprint density at radius 3 is 2.94 bits per heavy atom. The van der Waals surface area contributed by atoms with E-state index in [1.807, 2.05) is 6.92 Å². The molecule has 0 aromatic heterocycles. The summed E-state index contributed by atoms with van der Waals surface area (Å²) in [5.74, 6) is 0.944. The zero-order valence-electron chi connectivity index (χ0n) is 9.53. The fraction of sp³-hybridized carbons (Fsp3) is 0.417. The van der Waals surface area contributed by atoms with Gasteiger partial charge in [-0.2, -0.15) is 5.26 Å². The Morgan fingerprint density at radius 2 is 2.31 bits per heavy atom. The minimum atomic E-state index is -0.0107. The number of nitrogens with zero attached hydrogens (tertiary/aromatic N) is 1. The first-order valence-corrected chi connectivity index (χ1v) is 5.16. The molecule has 1 aromatic carbocycles. The third-order valence-corrected chi connectivity index (χ3v) is 2.39. The molecule has 1 unspecified atom stereocenters. The van der Waals surface area contributed by atoms with Crippen LogP contribution in [0.3, 0.4) is 0 Å². The molecule has 4 nitrogen and oxygen atoms in total. The van der Waals surface area contributed by atoms with E-state index in [9.17, 15) is 5.11 Å². The van der Waals surface area contributed by atoms with E-state index in [0.29, 0.717) is 18.7 Å². The molecule has 0 amide bonds. The molecule has 0 saturated carbocycles. The first-order valence-electron chi connectivity index (χ1n) is 5.16. The number of nitriles is 1. The number of phenols is 1. The minimum Gasteiger partial charge on any atom is -0.508 e. The van der Waals surface area contributed by atoms with Gasteiger partial charge < -0.3 is 15.2 Å². The SMILES string of the molecule is COc1ccc(O)c(C(C)NCCC#N)c1. The fourth-order valence-corrected chi connectivity index (χ4v) is 1.46. The van der Waals surface area contributed by atoms with Gasteiger partial charge in [0.15, 0.2) is 0 Å². The summed E-state index contributed by atoms with van der Waals surface area (Å²) in [6.45, 7) is 2.54. The molecule has 0 saturated heterocycles. The quantitative estimate of drug-likeness (QED) is 0.744. The molecule has 4 heteroatoms. The van der Waals surface area contributed by atoms with Crippen molar-refractivity contribution in [1.82, 2.24) is 5.32 Å². The molecule has 0 aliphatic carbocycles. The maximum absolute atomic E-state index is 9.70. The van der Waals surface area contributed by atoms with Crippen LogP contribution in [0, 0.1) is 11.3 Å². The first kappa shape index (κ1) is 12.3. The van der Waals surface area contributed by atoms with Crippen LogP contribution >= 0.6 is 0 Å². The Kier molecular flexibility index (Phi) is 4.62. The highest BCUT2D eigenvalue weighted by atomic mass is 16.5. The van der Waals surface area contributed by atoms with Crippen LogP contribution in [0.4, 0.5) is 0 Å². The summed E-state index contributed by atoms with van der Waals surface area (Å²) in [5, 5.41) is 21.3. The highest BCUT2D eigenvalue weighted by Gasteiger charge is 2.10. The summed E-state index contributed by atoms with van der Waals surface area (Å²) in [7, 11) is 1.59. The smallest absolute Gasteiger partial charge is 0.120 e. The normalized spacial score (nSPS) is 11.8. The Bertz CT molecular complexity index is 385. The molecule has 16 heavy (non-hydrogen) atoms. The fourth-order valence-electron chi connectivity index (χ4n) is 1.46. The van der Waals surface area contributed by atoms with E-state index in [0.717, 1.165) is 5.56 Å². The average molecular weight is 220 g/mol. The van der Waals surface area contributed by atoms with Gasteiger partial charge in [0.25, 0.3) is 0 Å². The van der Waals surface area contributed by atoms with Crippen LogP contribution in [0.25, 0.3) is 0 Å². The van der Waals surface area contributed by atoms with Crippen LogP contribution in [0.5, 0.6) is 11.5 Å². The van der Waals surface area contributed by atoms with Crippen LogP contribution in [0.15, 0.2) is 18.2 Å². The first-order chi connectivity index (χ1) is 7.69. The molecule has 1 atom stereocenters. The van der Waals surface area contributed by atoms with Crippen molar-refractivity contribution in [2.45, 2.75) is 19.4 Å². The van der Waals surface area contributed by atoms with Crippen LogP contribution in [-0.4, -0.2) is 18.8 Å². The van der Waals surface area contributed by atoms with Gasteiger partial charge in [-0.05, 0) is 25.1 Å². The maximum atomic E-state index is 9.70. The monoisotopic (exact) mass is 220 g/mol. The van der Waals surface area contributed by atoms with E-state index in [1.165, 1.54) is 0 Å². The van der Waals surface area contributed by atoms with Gasteiger partial charge in [0.05, 0.1) is 13.2 Å². The second kappa shape index (κ2) is 5.99. The van der Waals surface area contributed by atoms with Crippen LogP contribution in [-0.2, 0) is 0 Å². The number of nitrogens with one attached hydrogen (secondary N) is 1. The number of hydrogen-bond donors (Lipinski definition) is 2. The number of phenolic OH excluding ortho intramolecular Hbond substituents is 1. The molecule has 0 fully saturated rings. The van der Waals surface area contributed by atoms with E-state index in [4.69, 9.17) is 10.00 Å². The third-order valence-electron chi connectivity index (χ3n) is 2.39. The summed E-state index contributed by atoms with van der Waals surface area (Å²) >= 11 is 0. The van der Waals surface area contributed by atoms with E-state index in [1.54, 1.807) is 25.3 Å². The highest BCUT2D eigenvalue weighted by Crippen LogP contribution is 2.28. The molecular formula is C12H16N2O2. The summed E-state index contributed by atoms with van der Waals surface area (Å²) in [6, 6.07) is 7.16. The van der Waals surface area contributed by atoms with Crippen molar-refractivity contribution < 1.29 is 9.84 Å². The van der Waals surface area contributed by atoms with E-state index >= 15 is 0 Å². The zero-order chi connectivity index (χ0) is 12.0. The van der Waals surface area contributed by atoms with Gasteiger partial charge in [0, 0.05) is 24.6 Å². The molecule has 0 heterocycles. The van der Waals surface area contributed by atoms with Crippen molar-refractivity contribution >= 4 is 0 Å². The zero-order valence-corrected chi connectivity index (χ0v) is 9.53. The molecular weight excluding hydrogens is 204 g/mol. The van der Waals surface area contributed by atoms with Crippen molar-refractivity contribution in [3.8, 4) is 17.6 Å². The Balaban J connectivity index is 2.73. The lowest BCUT2D eigenvalue weighted by Crippen LogP contribution is -2.19. The van der Waals surface area contributed by atoms with Gasteiger partial charge in [-0.1, -0.05) is 0 Å². The number of methoxy groups -OCH3 is 1. The van der Waals surface area contributed by atoms with Crippen molar-refractivity contribution in [3.63, 3.8) is 0 Å². The average Bonchev–Trinajstić information content (AvgIpc) is 2.30. The van der Waals surface area contributed by atoms with Gasteiger partial charge >= 0.3 is 0 Å². The highest BCUT2D eigenvalue weighted by molar-refractivity contribution is 5.41. The number of benzene rings is 1. The Morgan fingerprint density at radius 1 is 1.56 bits per heavy atom. The number of ether oxygens (including phenoxy) is 1. The van der Waals surface area contributed by atoms with E-state index in [2.05, 4.69) is 11.4 Å². The summed E-state index contributed by atoms with van der Waals surface area (Å²) < 4.78 is 5.09. The molecule has 0 aliphatic heterocycles. The van der Waals surface area contributed by atoms with E-state index in [-0.39, 0.29) is 11.8 Å². The van der Waals surface area contributed by atoms with E-state index < -0.39 is 0 Å². The summed E-state index contributed by atoms with van der Waals surface area (Å²) in [6.07, 6.45) is 0.453. The van der Waals surface area contributed by atoms with Gasteiger partial charge in [0.1, 0.15) is 11.5 Å². The molecule has 1 rings (SSSR count). The summed E-state index contributed by atoms with van der Waals surface area (Å²) in [5.41, 5.74) is 0.775. The largest absolute Gasteiger partial charge is 0.508 e. The van der Waals surface area contributed by atoms with Gasteiger partial charge in [0.2, 0.25) is 0 Å². The van der Waals surface area contributed by atoms with Crippen molar-refractivity contribution in [2.24, 2.45) is 0 Å². The second-order valence-corrected chi connectivity index (χ2v) is 3.51. The lowest BCUT2D eigenvalue weighted by Gasteiger charge is -2.15. The lowest BCUT2D eigenvalue weighted by atomic mass is 10.1. The molecule has 0 spiro atoms.